The molecular formula is C10H15BrN4O2. The fraction of sp³-hybridized carbons (Fsp3) is 0.500. The van der Waals surface area contributed by atoms with Crippen LogP contribution in [0.1, 0.15) is 13.8 Å². The Balaban J connectivity index is 2.89. The van der Waals surface area contributed by atoms with Gasteiger partial charge in [-0.15, -0.1) is 0 Å². The van der Waals surface area contributed by atoms with Gasteiger partial charge in [-0.1, -0.05) is 13.8 Å². The first-order valence-corrected chi connectivity index (χ1v) is 6.01. The quantitative estimate of drug-likeness (QED) is 0.642. The van der Waals surface area contributed by atoms with Gasteiger partial charge in [0, 0.05) is 18.7 Å². The van der Waals surface area contributed by atoms with Gasteiger partial charge in [-0.2, -0.15) is 0 Å². The summed E-state index contributed by atoms with van der Waals surface area (Å²) in [6.45, 7) is 4.57. The number of nitrogens with zero attached hydrogens (tertiary/aromatic N) is 2. The van der Waals surface area contributed by atoms with Gasteiger partial charge < -0.3 is 11.1 Å². The van der Waals surface area contributed by atoms with E-state index in [1.165, 1.54) is 12.3 Å². The molecule has 1 unspecified atom stereocenters. The Hall–Kier alpha value is -1.21. The third-order valence-electron chi connectivity index (χ3n) is 2.42. The Morgan fingerprint density at radius 3 is 2.71 bits per heavy atom. The van der Waals surface area contributed by atoms with Crippen LogP contribution in [-0.2, 0) is 0 Å². The summed E-state index contributed by atoms with van der Waals surface area (Å²) in [5.41, 5.74) is 5.59. The zero-order valence-corrected chi connectivity index (χ0v) is 11.3. The highest BCUT2D eigenvalue weighted by Gasteiger charge is 2.15. The van der Waals surface area contributed by atoms with Crippen molar-refractivity contribution in [2.75, 3.05) is 11.9 Å². The first-order chi connectivity index (χ1) is 7.95. The van der Waals surface area contributed by atoms with Crippen molar-refractivity contribution in [3.63, 3.8) is 0 Å². The minimum absolute atomic E-state index is 0.0451. The number of nitrogens with one attached hydrogen (secondary N) is 1. The second-order valence-corrected chi connectivity index (χ2v) is 4.87. The fourth-order valence-electron chi connectivity index (χ4n) is 1.31. The molecule has 0 aliphatic heterocycles. The molecule has 0 aromatic carbocycles. The number of nitrogens with two attached hydrogens (primary N) is 1. The van der Waals surface area contributed by atoms with E-state index in [0.717, 1.165) is 0 Å². The van der Waals surface area contributed by atoms with E-state index in [1.54, 1.807) is 0 Å². The molecule has 1 rings (SSSR count). The number of hydrogen-bond acceptors (Lipinski definition) is 5. The van der Waals surface area contributed by atoms with Crippen molar-refractivity contribution < 1.29 is 4.92 Å². The molecule has 0 radical (unpaired) electrons. The van der Waals surface area contributed by atoms with Crippen molar-refractivity contribution in [3.05, 3.63) is 26.9 Å². The molecule has 1 atom stereocenters. The molecule has 1 aromatic rings. The van der Waals surface area contributed by atoms with Gasteiger partial charge in [0.05, 0.1) is 9.40 Å². The first kappa shape index (κ1) is 13.9. The lowest BCUT2D eigenvalue weighted by Crippen LogP contribution is -2.34. The van der Waals surface area contributed by atoms with Crippen molar-refractivity contribution in [1.82, 2.24) is 4.98 Å². The van der Waals surface area contributed by atoms with Crippen molar-refractivity contribution in [1.29, 1.82) is 0 Å². The lowest BCUT2D eigenvalue weighted by molar-refractivity contribution is -0.385. The summed E-state index contributed by atoms with van der Waals surface area (Å²) in [7, 11) is 0. The lowest BCUT2D eigenvalue weighted by Gasteiger charge is -2.21. The van der Waals surface area contributed by atoms with Gasteiger partial charge in [0.25, 0.3) is 5.69 Å². The van der Waals surface area contributed by atoms with Crippen LogP contribution in [0.25, 0.3) is 0 Å². The zero-order chi connectivity index (χ0) is 13.0. The summed E-state index contributed by atoms with van der Waals surface area (Å²) in [6, 6.07) is 1.50. The van der Waals surface area contributed by atoms with Gasteiger partial charge in [-0.25, -0.2) is 4.98 Å². The number of pyridine rings is 1. The van der Waals surface area contributed by atoms with E-state index >= 15 is 0 Å². The highest BCUT2D eigenvalue weighted by atomic mass is 79.9. The molecule has 0 fully saturated rings. The van der Waals surface area contributed by atoms with E-state index in [2.05, 4.69) is 26.2 Å². The van der Waals surface area contributed by atoms with Gasteiger partial charge in [-0.05, 0) is 21.8 Å². The van der Waals surface area contributed by atoms with Crippen LogP contribution in [0.5, 0.6) is 0 Å². The smallest absolute Gasteiger partial charge is 0.288 e. The summed E-state index contributed by atoms with van der Waals surface area (Å²) < 4.78 is 0.561. The molecule has 1 heterocycles. The minimum atomic E-state index is -0.482. The largest absolute Gasteiger partial charge is 0.365 e. The molecule has 0 saturated heterocycles. The van der Waals surface area contributed by atoms with Crippen LogP contribution in [0.4, 0.5) is 11.5 Å². The Bertz CT molecular complexity index is 411. The summed E-state index contributed by atoms with van der Waals surface area (Å²) in [5, 5.41) is 13.7. The van der Waals surface area contributed by atoms with Crippen molar-refractivity contribution in [3.8, 4) is 0 Å². The van der Waals surface area contributed by atoms with Crippen LogP contribution >= 0.6 is 15.9 Å². The third kappa shape index (κ3) is 3.64. The average Bonchev–Trinajstić information content (AvgIpc) is 2.26. The van der Waals surface area contributed by atoms with E-state index in [0.29, 0.717) is 22.8 Å². The predicted molar refractivity (Wildman–Crippen MR) is 69.9 cm³/mol. The maximum atomic E-state index is 10.6. The molecule has 0 aliphatic rings. The second kappa shape index (κ2) is 5.92. The second-order valence-electron chi connectivity index (χ2n) is 4.01. The topological polar surface area (TPSA) is 94.1 Å². The summed E-state index contributed by atoms with van der Waals surface area (Å²) in [4.78, 5) is 14.1. The van der Waals surface area contributed by atoms with Crippen molar-refractivity contribution in [2.45, 2.75) is 19.9 Å². The van der Waals surface area contributed by atoms with Crippen LogP contribution in [-0.4, -0.2) is 22.5 Å². The molecule has 0 amide bonds. The number of rotatable bonds is 5. The molecule has 94 valence electrons. The summed E-state index contributed by atoms with van der Waals surface area (Å²) in [6.07, 6.45) is 1.22. The lowest BCUT2D eigenvalue weighted by atomic mass is 10.1. The Kier molecular flexibility index (Phi) is 4.83. The van der Waals surface area contributed by atoms with Gasteiger partial charge in [0.15, 0.2) is 0 Å². The normalized spacial score (nSPS) is 12.5. The monoisotopic (exact) mass is 302 g/mol. The Labute approximate surface area is 108 Å². The average molecular weight is 303 g/mol. The number of halogens is 1. The highest BCUT2D eigenvalue weighted by Crippen LogP contribution is 2.25. The number of aromatic nitrogens is 1. The van der Waals surface area contributed by atoms with E-state index in [9.17, 15) is 10.1 Å². The van der Waals surface area contributed by atoms with Crippen LogP contribution in [0.3, 0.4) is 0 Å². The predicted octanol–water partition coefficient (Wildman–Crippen LogP) is 2.15. The van der Waals surface area contributed by atoms with E-state index < -0.39 is 4.92 Å². The molecule has 3 N–H and O–H groups in total. The maximum Gasteiger partial charge on any atom is 0.288 e. The van der Waals surface area contributed by atoms with E-state index in [1.807, 2.05) is 13.8 Å². The molecule has 6 nitrogen and oxygen atoms in total. The zero-order valence-electron chi connectivity index (χ0n) is 9.68. The fourth-order valence-corrected chi connectivity index (χ4v) is 1.76. The molecule has 0 bridgehead atoms. The maximum absolute atomic E-state index is 10.6. The molecule has 0 saturated carbocycles. The highest BCUT2D eigenvalue weighted by molar-refractivity contribution is 9.10. The van der Waals surface area contributed by atoms with Crippen molar-refractivity contribution >= 4 is 27.4 Å². The molecule has 0 spiro atoms. The molecule has 17 heavy (non-hydrogen) atoms. The molecule has 1 aromatic heterocycles. The Morgan fingerprint density at radius 1 is 1.65 bits per heavy atom. The van der Waals surface area contributed by atoms with Gasteiger partial charge in [0.2, 0.25) is 0 Å². The van der Waals surface area contributed by atoms with Crippen molar-refractivity contribution in [2.24, 2.45) is 11.7 Å². The molecule has 0 aliphatic carbocycles. The summed E-state index contributed by atoms with van der Waals surface area (Å²) in [5.74, 6) is 0.920. The van der Waals surface area contributed by atoms with Gasteiger partial charge in [0.1, 0.15) is 12.0 Å². The number of nitro groups is 1. The summed E-state index contributed by atoms with van der Waals surface area (Å²) >= 11 is 3.25. The standard InChI is InChI=1S/C10H15BrN4O2/c1-6(2)9(4-12)14-10-8(11)3-7(5-13-10)15(16)17/h3,5-6,9H,4,12H2,1-2H3,(H,13,14). The van der Waals surface area contributed by atoms with Crippen LogP contribution in [0.2, 0.25) is 0 Å². The van der Waals surface area contributed by atoms with E-state index in [4.69, 9.17) is 5.73 Å². The molecule has 7 heteroatoms. The van der Waals surface area contributed by atoms with Gasteiger partial charge >= 0.3 is 0 Å². The Morgan fingerprint density at radius 2 is 2.29 bits per heavy atom. The third-order valence-corrected chi connectivity index (χ3v) is 3.02. The van der Waals surface area contributed by atoms with Crippen LogP contribution in [0, 0.1) is 16.0 Å². The first-order valence-electron chi connectivity index (χ1n) is 5.22. The van der Waals surface area contributed by atoms with E-state index in [-0.39, 0.29) is 11.7 Å². The minimum Gasteiger partial charge on any atom is -0.365 e. The SMILES string of the molecule is CC(C)C(CN)Nc1ncc([N+](=O)[O-])cc1Br. The molecular weight excluding hydrogens is 288 g/mol. The number of anilines is 1. The van der Waals surface area contributed by atoms with Gasteiger partial charge in [-0.3, -0.25) is 10.1 Å². The van der Waals surface area contributed by atoms with Crippen LogP contribution < -0.4 is 11.1 Å². The number of hydrogen-bond donors (Lipinski definition) is 2. The van der Waals surface area contributed by atoms with Crippen LogP contribution in [0.15, 0.2) is 16.7 Å².